The summed E-state index contributed by atoms with van der Waals surface area (Å²) in [5.41, 5.74) is 1.26. The zero-order valence-electron chi connectivity index (χ0n) is 14.5. The molecule has 26 heavy (non-hydrogen) atoms. The Morgan fingerprint density at radius 1 is 1.15 bits per heavy atom. The largest absolute Gasteiger partial charge is 0.455 e. The molecule has 1 unspecified atom stereocenters. The molecule has 6 heteroatoms. The number of nitrogens with one attached hydrogen (secondary N) is 1. The first kappa shape index (κ1) is 19.9. The Bertz CT molecular complexity index is 732. The van der Waals surface area contributed by atoms with Crippen molar-refractivity contribution in [2.24, 2.45) is 0 Å². The van der Waals surface area contributed by atoms with Crippen LogP contribution in [0.5, 0.6) is 0 Å². The molecule has 0 saturated heterocycles. The molecule has 2 aromatic carbocycles. The highest BCUT2D eigenvalue weighted by Gasteiger charge is 2.15. The average molecular weight is 378 g/mol. The molecule has 0 aliphatic carbocycles. The van der Waals surface area contributed by atoms with Gasteiger partial charge in [0.15, 0.2) is 6.61 Å². The summed E-state index contributed by atoms with van der Waals surface area (Å²) in [7, 11) is 0. The highest BCUT2D eigenvalue weighted by Crippen LogP contribution is 2.19. The minimum Gasteiger partial charge on any atom is -0.455 e. The third kappa shape index (κ3) is 6.48. The number of carbonyl (C=O) groups is 2. The second-order valence-corrected chi connectivity index (χ2v) is 6.44. The van der Waals surface area contributed by atoms with Gasteiger partial charge in [-0.1, -0.05) is 48.0 Å². The molecule has 1 N–H and O–H groups in total. The van der Waals surface area contributed by atoms with Gasteiger partial charge in [0.05, 0.1) is 6.42 Å². The number of halogens is 2. The third-order valence-corrected chi connectivity index (χ3v) is 4.22. The highest BCUT2D eigenvalue weighted by molar-refractivity contribution is 6.31. The Balaban J connectivity index is 1.71. The monoisotopic (exact) mass is 377 g/mol. The van der Waals surface area contributed by atoms with Gasteiger partial charge in [-0.05, 0) is 37.5 Å². The molecule has 0 heterocycles. The van der Waals surface area contributed by atoms with E-state index in [0.717, 1.165) is 12.8 Å². The Kier molecular flexibility index (Phi) is 7.60. The van der Waals surface area contributed by atoms with E-state index >= 15 is 0 Å². The SMILES string of the molecule is CC(CCc1ccccc1)NC(=O)COC(=O)Cc1c(F)cccc1Cl. The van der Waals surface area contributed by atoms with Gasteiger partial charge in [0.2, 0.25) is 0 Å². The number of esters is 1. The molecule has 0 aliphatic rings. The Morgan fingerprint density at radius 2 is 1.88 bits per heavy atom. The lowest BCUT2D eigenvalue weighted by molar-refractivity contribution is -0.148. The quantitative estimate of drug-likeness (QED) is 0.713. The van der Waals surface area contributed by atoms with Gasteiger partial charge in [-0.3, -0.25) is 9.59 Å². The molecule has 0 aliphatic heterocycles. The lowest BCUT2D eigenvalue weighted by Gasteiger charge is -2.14. The average Bonchev–Trinajstić information content (AvgIpc) is 2.62. The molecular formula is C20H21ClFNO3. The van der Waals surface area contributed by atoms with E-state index in [4.69, 9.17) is 16.3 Å². The van der Waals surface area contributed by atoms with Crippen molar-refractivity contribution in [3.8, 4) is 0 Å². The van der Waals surface area contributed by atoms with Gasteiger partial charge in [-0.15, -0.1) is 0 Å². The number of ether oxygens (including phenoxy) is 1. The lowest BCUT2D eigenvalue weighted by atomic mass is 10.1. The van der Waals surface area contributed by atoms with Crippen LogP contribution in [0.2, 0.25) is 5.02 Å². The molecular weight excluding hydrogens is 357 g/mol. The van der Waals surface area contributed by atoms with Crippen molar-refractivity contribution in [2.75, 3.05) is 6.61 Å². The van der Waals surface area contributed by atoms with Crippen molar-refractivity contribution >= 4 is 23.5 Å². The maximum atomic E-state index is 13.6. The molecule has 0 radical (unpaired) electrons. The van der Waals surface area contributed by atoms with Crippen LogP contribution >= 0.6 is 11.6 Å². The fourth-order valence-electron chi connectivity index (χ4n) is 2.46. The zero-order chi connectivity index (χ0) is 18.9. The number of hydrogen-bond acceptors (Lipinski definition) is 3. The first-order chi connectivity index (χ1) is 12.5. The van der Waals surface area contributed by atoms with E-state index < -0.39 is 24.3 Å². The number of rotatable bonds is 8. The summed E-state index contributed by atoms with van der Waals surface area (Å²) in [5.74, 6) is -1.67. The summed E-state index contributed by atoms with van der Waals surface area (Å²) < 4.78 is 18.5. The Hall–Kier alpha value is -2.40. The van der Waals surface area contributed by atoms with E-state index in [-0.39, 0.29) is 23.0 Å². The standard InChI is InChI=1S/C20H21ClFNO3/c1-14(10-11-15-6-3-2-4-7-15)23-19(24)13-26-20(25)12-16-17(21)8-5-9-18(16)22/h2-9,14H,10-13H2,1H3,(H,23,24). The van der Waals surface area contributed by atoms with Crippen molar-refractivity contribution in [2.45, 2.75) is 32.2 Å². The van der Waals surface area contributed by atoms with Crippen LogP contribution < -0.4 is 5.32 Å². The number of amides is 1. The third-order valence-electron chi connectivity index (χ3n) is 3.86. The first-order valence-corrected chi connectivity index (χ1v) is 8.75. The molecule has 4 nitrogen and oxygen atoms in total. The first-order valence-electron chi connectivity index (χ1n) is 8.37. The summed E-state index contributed by atoms with van der Waals surface area (Å²) >= 11 is 5.86. The summed E-state index contributed by atoms with van der Waals surface area (Å²) in [4.78, 5) is 23.7. The van der Waals surface area contributed by atoms with Crippen LogP contribution in [0.15, 0.2) is 48.5 Å². The summed E-state index contributed by atoms with van der Waals surface area (Å²) in [5, 5.41) is 2.93. The summed E-state index contributed by atoms with van der Waals surface area (Å²) in [6.45, 7) is 1.49. The van der Waals surface area contributed by atoms with Crippen LogP contribution in [0, 0.1) is 5.82 Å². The van der Waals surface area contributed by atoms with Crippen LogP contribution in [0.1, 0.15) is 24.5 Å². The van der Waals surface area contributed by atoms with E-state index in [1.165, 1.54) is 23.8 Å². The van der Waals surface area contributed by atoms with E-state index in [2.05, 4.69) is 5.32 Å². The van der Waals surface area contributed by atoms with Crippen LogP contribution in [0.3, 0.4) is 0 Å². The van der Waals surface area contributed by atoms with E-state index in [0.29, 0.717) is 0 Å². The van der Waals surface area contributed by atoms with Crippen LogP contribution in [-0.4, -0.2) is 24.5 Å². The van der Waals surface area contributed by atoms with Gasteiger partial charge in [-0.25, -0.2) is 4.39 Å². The number of hydrogen-bond donors (Lipinski definition) is 1. The fourth-order valence-corrected chi connectivity index (χ4v) is 2.69. The molecule has 0 saturated carbocycles. The Labute approximate surface area is 157 Å². The number of carbonyl (C=O) groups excluding carboxylic acids is 2. The lowest BCUT2D eigenvalue weighted by Crippen LogP contribution is -2.36. The molecule has 2 rings (SSSR count). The summed E-state index contributed by atoms with van der Waals surface area (Å²) in [6.07, 6.45) is 1.30. The van der Waals surface area contributed by atoms with Crippen molar-refractivity contribution < 1.29 is 18.7 Å². The van der Waals surface area contributed by atoms with Crippen molar-refractivity contribution in [1.82, 2.24) is 5.32 Å². The maximum Gasteiger partial charge on any atom is 0.310 e. The second-order valence-electron chi connectivity index (χ2n) is 6.03. The topological polar surface area (TPSA) is 55.4 Å². The number of aryl methyl sites for hydroxylation is 1. The van der Waals surface area contributed by atoms with Gasteiger partial charge in [0, 0.05) is 16.6 Å². The van der Waals surface area contributed by atoms with Gasteiger partial charge < -0.3 is 10.1 Å². The molecule has 0 aromatic heterocycles. The minimum atomic E-state index is -0.705. The van der Waals surface area contributed by atoms with E-state index in [1.54, 1.807) is 0 Å². The second kappa shape index (κ2) is 9.92. The van der Waals surface area contributed by atoms with Gasteiger partial charge in [0.25, 0.3) is 5.91 Å². The molecule has 138 valence electrons. The molecule has 0 bridgehead atoms. The summed E-state index contributed by atoms with van der Waals surface area (Å²) in [6, 6.07) is 14.1. The fraction of sp³-hybridized carbons (Fsp3) is 0.300. The number of benzene rings is 2. The Morgan fingerprint density at radius 3 is 2.58 bits per heavy atom. The van der Waals surface area contributed by atoms with Crippen LogP contribution in [0.25, 0.3) is 0 Å². The normalized spacial score (nSPS) is 11.7. The predicted octanol–water partition coefficient (Wildman–Crippen LogP) is 3.70. The van der Waals surface area contributed by atoms with Crippen molar-refractivity contribution in [3.63, 3.8) is 0 Å². The van der Waals surface area contributed by atoms with Crippen molar-refractivity contribution in [1.29, 1.82) is 0 Å². The van der Waals surface area contributed by atoms with Crippen LogP contribution in [-0.2, 0) is 27.2 Å². The molecule has 0 fully saturated rings. The van der Waals surface area contributed by atoms with Crippen molar-refractivity contribution in [3.05, 3.63) is 70.5 Å². The molecule has 0 spiro atoms. The highest BCUT2D eigenvalue weighted by atomic mass is 35.5. The van der Waals surface area contributed by atoms with Gasteiger partial charge in [-0.2, -0.15) is 0 Å². The maximum absolute atomic E-state index is 13.6. The van der Waals surface area contributed by atoms with Crippen LogP contribution in [0.4, 0.5) is 4.39 Å². The zero-order valence-corrected chi connectivity index (χ0v) is 15.3. The molecule has 1 amide bonds. The van der Waals surface area contributed by atoms with E-state index in [1.807, 2.05) is 37.3 Å². The molecule has 2 aromatic rings. The smallest absolute Gasteiger partial charge is 0.310 e. The van der Waals surface area contributed by atoms with Gasteiger partial charge >= 0.3 is 5.97 Å². The van der Waals surface area contributed by atoms with Gasteiger partial charge in [0.1, 0.15) is 5.82 Å². The molecule has 1 atom stereocenters. The minimum absolute atomic E-state index is 0.0533. The predicted molar refractivity (Wildman–Crippen MR) is 98.4 cm³/mol. The van der Waals surface area contributed by atoms with E-state index in [9.17, 15) is 14.0 Å².